The molecule has 3 aliphatic heterocycles. The van der Waals surface area contributed by atoms with E-state index in [1.54, 1.807) is 25.1 Å². The second-order valence-electron chi connectivity index (χ2n) is 21.0. The van der Waals surface area contributed by atoms with Crippen LogP contribution >= 0.6 is 0 Å². The smallest absolute Gasteiger partial charge is 0.395 e. The van der Waals surface area contributed by atoms with E-state index in [1.165, 1.54) is 29.0 Å². The van der Waals surface area contributed by atoms with Crippen LogP contribution in [-0.4, -0.2) is 106 Å². The molecule has 0 spiro atoms. The van der Waals surface area contributed by atoms with Crippen molar-refractivity contribution in [1.29, 1.82) is 0 Å². The van der Waals surface area contributed by atoms with Crippen LogP contribution in [0.3, 0.4) is 0 Å². The van der Waals surface area contributed by atoms with Crippen LogP contribution in [-0.2, 0) is 44.7 Å². The van der Waals surface area contributed by atoms with E-state index >= 15 is 4.39 Å². The third-order valence-corrected chi connectivity index (χ3v) is 15.2. The highest BCUT2D eigenvalue weighted by molar-refractivity contribution is 6.00. The van der Waals surface area contributed by atoms with Crippen molar-refractivity contribution in [3.05, 3.63) is 105 Å². The Morgan fingerprint density at radius 1 is 0.942 bits per heavy atom. The Morgan fingerprint density at radius 2 is 1.68 bits per heavy atom. The Kier molecular flexibility index (Phi) is 14.4. The van der Waals surface area contributed by atoms with E-state index in [-0.39, 0.29) is 54.8 Å². The fraction of sp³-hybridized carbons (Fsp3) is 0.547. The van der Waals surface area contributed by atoms with Gasteiger partial charge in [-0.1, -0.05) is 36.4 Å². The number of methoxy groups -OCH3 is 1. The average molecular weight is 959 g/mol. The van der Waals surface area contributed by atoms with Crippen molar-refractivity contribution in [3.63, 3.8) is 0 Å². The molecule has 2 unspecified atom stereocenters. The quantitative estimate of drug-likeness (QED) is 0.0992. The van der Waals surface area contributed by atoms with Gasteiger partial charge in [0.2, 0.25) is 17.7 Å². The van der Waals surface area contributed by atoms with E-state index in [9.17, 15) is 32.3 Å². The number of piperazine rings is 1. The number of amides is 3. The highest BCUT2D eigenvalue weighted by Crippen LogP contribution is 2.46. The Labute approximate surface area is 401 Å². The Morgan fingerprint density at radius 3 is 2.32 bits per heavy atom. The number of fused-ring (bicyclic) bond motifs is 1. The van der Waals surface area contributed by atoms with Crippen molar-refractivity contribution in [2.45, 2.75) is 115 Å². The molecule has 3 amide bonds. The molecule has 3 saturated heterocycles. The van der Waals surface area contributed by atoms with Crippen molar-refractivity contribution in [2.24, 2.45) is 18.4 Å². The zero-order valence-electron chi connectivity index (χ0n) is 40.7. The van der Waals surface area contributed by atoms with Crippen LogP contribution in [0.25, 0.3) is 16.6 Å². The minimum absolute atomic E-state index is 0.0178. The Hall–Kier alpha value is -5.32. The number of ether oxygens (including phenoxy) is 2. The van der Waals surface area contributed by atoms with E-state index in [1.807, 2.05) is 73.4 Å². The second kappa shape index (κ2) is 19.8. The number of imidazole rings is 1. The highest BCUT2D eigenvalue weighted by atomic mass is 19.4. The van der Waals surface area contributed by atoms with Gasteiger partial charge in [0.1, 0.15) is 17.6 Å². The van der Waals surface area contributed by atoms with E-state index in [2.05, 4.69) is 10.2 Å². The van der Waals surface area contributed by atoms with Gasteiger partial charge in [0, 0.05) is 82.8 Å². The number of carbonyl (C=O) groups is 3. The van der Waals surface area contributed by atoms with Crippen molar-refractivity contribution in [3.8, 4) is 5.75 Å². The molecule has 69 heavy (non-hydrogen) atoms. The number of piperidine rings is 1. The van der Waals surface area contributed by atoms with Gasteiger partial charge < -0.3 is 14.4 Å². The van der Waals surface area contributed by atoms with Crippen molar-refractivity contribution in [2.75, 3.05) is 53.0 Å². The highest BCUT2D eigenvalue weighted by Gasteiger charge is 2.49. The van der Waals surface area contributed by atoms with Gasteiger partial charge in [0.05, 0.1) is 29.2 Å². The van der Waals surface area contributed by atoms with Gasteiger partial charge in [-0.25, -0.2) is 9.18 Å². The number of alkyl halides is 3. The van der Waals surface area contributed by atoms with Crippen LogP contribution in [0.2, 0.25) is 0 Å². The molecule has 0 radical (unpaired) electrons. The van der Waals surface area contributed by atoms with E-state index in [4.69, 9.17) is 9.47 Å². The molecule has 3 fully saturated rings. The summed E-state index contributed by atoms with van der Waals surface area (Å²) < 4.78 is 73.8. The summed E-state index contributed by atoms with van der Waals surface area (Å²) in [5.74, 6) is -0.628. The number of imide groups is 1. The predicted molar refractivity (Wildman–Crippen MR) is 256 cm³/mol. The van der Waals surface area contributed by atoms with Gasteiger partial charge in [-0.05, 0) is 132 Å². The van der Waals surface area contributed by atoms with Crippen molar-refractivity contribution < 1.29 is 41.4 Å². The molecular formula is C53H66F4N6O6. The lowest BCUT2D eigenvalue weighted by Gasteiger charge is -2.46. The van der Waals surface area contributed by atoms with E-state index in [0.717, 1.165) is 22.4 Å². The van der Waals surface area contributed by atoms with E-state index in [0.29, 0.717) is 107 Å². The molecule has 4 aliphatic rings. The number of carbonyl (C=O) groups excluding carboxylic acids is 3. The first-order valence-electron chi connectivity index (χ1n) is 24.3. The number of rotatable bonds is 14. The summed E-state index contributed by atoms with van der Waals surface area (Å²) >= 11 is 0. The number of nitrogens with one attached hydrogen (secondary N) is 1. The molecule has 372 valence electrons. The van der Waals surface area contributed by atoms with Crippen LogP contribution in [0.5, 0.6) is 5.75 Å². The number of hydrogen-bond donors (Lipinski definition) is 1. The lowest BCUT2D eigenvalue weighted by atomic mass is 9.67. The van der Waals surface area contributed by atoms with E-state index < -0.39 is 35.0 Å². The monoisotopic (exact) mass is 958 g/mol. The molecule has 1 aromatic heterocycles. The topological polar surface area (TPSA) is 118 Å². The van der Waals surface area contributed by atoms with Crippen molar-refractivity contribution >= 4 is 34.3 Å². The molecule has 0 saturated carbocycles. The van der Waals surface area contributed by atoms with Gasteiger partial charge >= 0.3 is 11.9 Å². The lowest BCUT2D eigenvalue weighted by molar-refractivity contribution is -0.217. The molecule has 8 rings (SSSR count). The van der Waals surface area contributed by atoms with Crippen LogP contribution in [0.1, 0.15) is 107 Å². The number of aryl methyl sites for hydroxylation is 1. The van der Waals surface area contributed by atoms with Gasteiger partial charge in [-0.3, -0.25) is 38.6 Å². The maximum absolute atomic E-state index is 16.1. The molecule has 1 N–H and O–H groups in total. The fourth-order valence-corrected chi connectivity index (χ4v) is 11.1. The van der Waals surface area contributed by atoms with Crippen LogP contribution in [0, 0.1) is 17.2 Å². The minimum Gasteiger partial charge on any atom is -0.497 e. The SMILES string of the molecule is COc1ccc([C@]2(CCN(Cc3ccc(C4=CCC(C(=O)N5CCN(Cc6ccc7c(c6)n(C)c(=O)n7C6CCC(=O)NC6=O)CC5)CC4)cc3F)CC(C)(C)C(F)(F)F)CCOC(C)(C)C2)cc1. The molecule has 0 bridgehead atoms. The summed E-state index contributed by atoms with van der Waals surface area (Å²) in [7, 11) is 3.29. The van der Waals surface area contributed by atoms with Crippen LogP contribution in [0.4, 0.5) is 17.6 Å². The van der Waals surface area contributed by atoms with Gasteiger partial charge in [0.25, 0.3) is 0 Å². The molecule has 4 heterocycles. The normalized spacial score (nSPS) is 22.8. The molecule has 16 heteroatoms. The molecular weight excluding hydrogens is 893 g/mol. The summed E-state index contributed by atoms with van der Waals surface area (Å²) in [6.07, 6.45) is 1.74. The maximum Gasteiger partial charge on any atom is 0.395 e. The standard InChI is InChI=1S/C53H66F4N6O6/c1-50(2,53(55,56)57)34-61(23-21-52(22-28-69-51(3,4)33-52)40-14-16-41(68-6)17-15-40)32-39-13-12-38(30-42(39)54)36-8-10-37(11-9-36)48(66)62-26-24-60(25-27-62)31-35-7-18-43-45(29-35)59(5)49(67)63(43)44-19-20-46(64)58-47(44)65/h7-8,12-18,29-30,37,44H,9-11,19-28,31-34H2,1-6H3,(H,58,64,65)/t37?,44?,52-/m1/s1. The summed E-state index contributed by atoms with van der Waals surface area (Å²) in [4.78, 5) is 57.3. The maximum atomic E-state index is 16.1. The number of aromatic nitrogens is 2. The first kappa shape index (κ1) is 50.1. The van der Waals surface area contributed by atoms with Gasteiger partial charge in [0.15, 0.2) is 0 Å². The largest absolute Gasteiger partial charge is 0.497 e. The molecule has 1 aliphatic carbocycles. The molecule has 4 aromatic rings. The lowest BCUT2D eigenvalue weighted by Crippen LogP contribution is -2.50. The summed E-state index contributed by atoms with van der Waals surface area (Å²) in [5.41, 5.74) is 2.29. The Balaban J connectivity index is 0.881. The summed E-state index contributed by atoms with van der Waals surface area (Å²) in [6, 6.07) is 18.0. The number of benzene rings is 3. The number of allylic oxidation sites excluding steroid dienone is 2. The third kappa shape index (κ3) is 10.9. The average Bonchev–Trinajstić information content (AvgIpc) is 3.55. The summed E-state index contributed by atoms with van der Waals surface area (Å²) in [5, 5.41) is 2.34. The van der Waals surface area contributed by atoms with Crippen LogP contribution < -0.4 is 15.7 Å². The molecule has 12 nitrogen and oxygen atoms in total. The van der Waals surface area contributed by atoms with Crippen LogP contribution in [0.15, 0.2) is 71.5 Å². The first-order chi connectivity index (χ1) is 32.7. The summed E-state index contributed by atoms with van der Waals surface area (Å²) in [6.45, 7) is 10.2. The number of nitrogens with zero attached hydrogens (tertiary/aromatic N) is 5. The third-order valence-electron chi connectivity index (χ3n) is 15.2. The molecule has 3 aromatic carbocycles. The van der Waals surface area contributed by atoms with Gasteiger partial charge in [-0.15, -0.1) is 0 Å². The minimum atomic E-state index is -4.46. The fourth-order valence-electron chi connectivity index (χ4n) is 11.1. The number of hydrogen-bond acceptors (Lipinski definition) is 8. The zero-order chi connectivity index (χ0) is 49.5. The number of halogens is 4. The van der Waals surface area contributed by atoms with Gasteiger partial charge in [-0.2, -0.15) is 13.2 Å². The Bertz CT molecular complexity index is 2650. The van der Waals surface area contributed by atoms with Crippen molar-refractivity contribution in [1.82, 2.24) is 29.2 Å². The predicted octanol–water partition coefficient (Wildman–Crippen LogP) is 8.30. The zero-order valence-corrected chi connectivity index (χ0v) is 40.7. The first-order valence-corrected chi connectivity index (χ1v) is 24.3. The molecule has 3 atom stereocenters. The second-order valence-corrected chi connectivity index (χ2v) is 21.0.